The number of nitrogens with two attached hydrogens (primary N) is 1. The highest BCUT2D eigenvalue weighted by Gasteiger charge is 2.20. The van der Waals surface area contributed by atoms with Crippen LogP contribution >= 0.6 is 0 Å². The predicted octanol–water partition coefficient (Wildman–Crippen LogP) is 1.55. The van der Waals surface area contributed by atoms with Gasteiger partial charge in [0.15, 0.2) is 5.82 Å². The van der Waals surface area contributed by atoms with Gasteiger partial charge in [-0.3, -0.25) is 0 Å². The molecule has 1 aromatic rings. The standard InChI is InChI=1S/C8H7F2NO2/c1-3-2-4(11)7(10)5(6(3)9)8(12)13/h2H,11H2,1H3,(H,12,13). The maximum atomic E-state index is 13.0. The average Bonchev–Trinajstić information content (AvgIpc) is 2.01. The summed E-state index contributed by atoms with van der Waals surface area (Å²) in [6, 6.07) is 1.05. The molecule has 5 heteroatoms. The highest BCUT2D eigenvalue weighted by Crippen LogP contribution is 2.21. The van der Waals surface area contributed by atoms with Gasteiger partial charge in [0, 0.05) is 0 Å². The Morgan fingerprint density at radius 2 is 2.00 bits per heavy atom. The van der Waals surface area contributed by atoms with Crippen molar-refractivity contribution in [3.8, 4) is 0 Å². The number of rotatable bonds is 1. The van der Waals surface area contributed by atoms with Crippen molar-refractivity contribution >= 4 is 11.7 Å². The summed E-state index contributed by atoms with van der Waals surface area (Å²) in [5, 5.41) is 8.46. The van der Waals surface area contributed by atoms with E-state index in [1.165, 1.54) is 6.92 Å². The third-order valence-electron chi connectivity index (χ3n) is 1.62. The number of carbonyl (C=O) groups is 1. The van der Waals surface area contributed by atoms with E-state index in [4.69, 9.17) is 10.8 Å². The number of hydrogen-bond acceptors (Lipinski definition) is 2. The lowest BCUT2D eigenvalue weighted by Gasteiger charge is -2.05. The fourth-order valence-electron chi connectivity index (χ4n) is 0.986. The summed E-state index contributed by atoms with van der Waals surface area (Å²) in [4.78, 5) is 10.4. The topological polar surface area (TPSA) is 63.3 Å². The molecule has 0 unspecified atom stereocenters. The van der Waals surface area contributed by atoms with E-state index in [2.05, 4.69) is 0 Å². The second kappa shape index (κ2) is 3.01. The molecule has 0 bridgehead atoms. The zero-order valence-electron chi connectivity index (χ0n) is 6.77. The Kier molecular flexibility index (Phi) is 2.18. The van der Waals surface area contributed by atoms with Crippen LogP contribution in [0.1, 0.15) is 15.9 Å². The molecule has 13 heavy (non-hydrogen) atoms. The fourth-order valence-corrected chi connectivity index (χ4v) is 0.986. The molecule has 0 aliphatic heterocycles. The van der Waals surface area contributed by atoms with E-state index in [0.29, 0.717) is 0 Å². The van der Waals surface area contributed by atoms with Crippen LogP contribution in [-0.4, -0.2) is 11.1 Å². The van der Waals surface area contributed by atoms with Crippen LogP contribution < -0.4 is 5.73 Å². The maximum absolute atomic E-state index is 13.0. The largest absolute Gasteiger partial charge is 0.477 e. The van der Waals surface area contributed by atoms with Crippen LogP contribution in [0.15, 0.2) is 6.07 Å². The Morgan fingerprint density at radius 1 is 1.46 bits per heavy atom. The quantitative estimate of drug-likeness (QED) is 0.655. The van der Waals surface area contributed by atoms with Gasteiger partial charge in [-0.25, -0.2) is 13.6 Å². The number of carboxylic acids is 1. The van der Waals surface area contributed by atoms with Crippen LogP contribution in [0.25, 0.3) is 0 Å². The Bertz CT molecular complexity index is 351. The van der Waals surface area contributed by atoms with E-state index in [-0.39, 0.29) is 11.3 Å². The Balaban J connectivity index is 3.56. The van der Waals surface area contributed by atoms with Crippen molar-refractivity contribution < 1.29 is 18.7 Å². The molecule has 1 rings (SSSR count). The normalized spacial score (nSPS) is 10.1. The van der Waals surface area contributed by atoms with E-state index >= 15 is 0 Å². The van der Waals surface area contributed by atoms with Crippen molar-refractivity contribution in [1.29, 1.82) is 0 Å². The molecule has 0 heterocycles. The monoisotopic (exact) mass is 187 g/mol. The molecular weight excluding hydrogens is 180 g/mol. The van der Waals surface area contributed by atoms with E-state index in [1.54, 1.807) is 0 Å². The second-order valence-electron chi connectivity index (χ2n) is 2.59. The predicted molar refractivity (Wildman–Crippen MR) is 42.5 cm³/mol. The summed E-state index contributed by atoms with van der Waals surface area (Å²) in [6.07, 6.45) is 0. The van der Waals surface area contributed by atoms with Gasteiger partial charge in [-0.05, 0) is 18.6 Å². The average molecular weight is 187 g/mol. The molecule has 1 aromatic carbocycles. The molecule has 3 nitrogen and oxygen atoms in total. The molecule has 0 fully saturated rings. The van der Waals surface area contributed by atoms with Crippen LogP contribution in [0.5, 0.6) is 0 Å². The molecule has 0 aliphatic carbocycles. The first kappa shape index (κ1) is 9.44. The van der Waals surface area contributed by atoms with Crippen molar-refractivity contribution in [3.63, 3.8) is 0 Å². The van der Waals surface area contributed by atoms with Gasteiger partial charge in [0.2, 0.25) is 0 Å². The Hall–Kier alpha value is -1.65. The summed E-state index contributed by atoms with van der Waals surface area (Å²) in [7, 11) is 0. The molecule has 0 saturated heterocycles. The van der Waals surface area contributed by atoms with Crippen LogP contribution in [0.3, 0.4) is 0 Å². The SMILES string of the molecule is Cc1cc(N)c(F)c(C(=O)O)c1F. The molecule has 0 aromatic heterocycles. The first-order valence-corrected chi connectivity index (χ1v) is 3.42. The third-order valence-corrected chi connectivity index (χ3v) is 1.62. The maximum Gasteiger partial charge on any atom is 0.341 e. The lowest BCUT2D eigenvalue weighted by molar-refractivity contribution is 0.0686. The first-order valence-electron chi connectivity index (χ1n) is 3.42. The van der Waals surface area contributed by atoms with Crippen molar-refractivity contribution in [3.05, 3.63) is 28.8 Å². The highest BCUT2D eigenvalue weighted by atomic mass is 19.1. The molecule has 0 amide bonds. The van der Waals surface area contributed by atoms with E-state index in [0.717, 1.165) is 6.07 Å². The first-order chi connectivity index (χ1) is 5.95. The van der Waals surface area contributed by atoms with Gasteiger partial charge < -0.3 is 10.8 Å². The zero-order chi connectivity index (χ0) is 10.2. The molecule has 0 saturated carbocycles. The molecule has 3 N–H and O–H groups in total. The van der Waals surface area contributed by atoms with Crippen molar-refractivity contribution in [1.82, 2.24) is 0 Å². The number of benzene rings is 1. The summed E-state index contributed by atoms with van der Waals surface area (Å²) >= 11 is 0. The Labute approximate surface area is 72.8 Å². The van der Waals surface area contributed by atoms with Gasteiger partial charge in [0.25, 0.3) is 0 Å². The summed E-state index contributed by atoms with van der Waals surface area (Å²) in [5.74, 6) is -3.97. The molecule has 0 atom stereocenters. The summed E-state index contributed by atoms with van der Waals surface area (Å²) in [6.45, 7) is 1.32. The number of aryl methyl sites for hydroxylation is 1. The molecule has 0 radical (unpaired) electrons. The molecule has 0 aliphatic rings. The second-order valence-corrected chi connectivity index (χ2v) is 2.59. The van der Waals surface area contributed by atoms with Gasteiger partial charge in [0.05, 0.1) is 5.69 Å². The van der Waals surface area contributed by atoms with E-state index < -0.39 is 23.2 Å². The molecule has 0 spiro atoms. The number of anilines is 1. The van der Waals surface area contributed by atoms with Gasteiger partial charge in [-0.15, -0.1) is 0 Å². The minimum Gasteiger partial charge on any atom is -0.477 e. The zero-order valence-corrected chi connectivity index (χ0v) is 6.77. The number of carboxylic acid groups (broad SMARTS) is 1. The number of halogens is 2. The third kappa shape index (κ3) is 1.44. The number of aromatic carboxylic acids is 1. The molecular formula is C8H7F2NO2. The number of hydrogen-bond donors (Lipinski definition) is 2. The highest BCUT2D eigenvalue weighted by molar-refractivity contribution is 5.89. The van der Waals surface area contributed by atoms with Gasteiger partial charge >= 0.3 is 5.97 Å². The van der Waals surface area contributed by atoms with Crippen LogP contribution in [-0.2, 0) is 0 Å². The van der Waals surface area contributed by atoms with Crippen LogP contribution in [0.2, 0.25) is 0 Å². The Morgan fingerprint density at radius 3 is 2.46 bits per heavy atom. The fraction of sp³-hybridized carbons (Fsp3) is 0.125. The van der Waals surface area contributed by atoms with Crippen LogP contribution in [0, 0.1) is 18.6 Å². The smallest absolute Gasteiger partial charge is 0.341 e. The lowest BCUT2D eigenvalue weighted by Crippen LogP contribution is -2.08. The van der Waals surface area contributed by atoms with E-state index in [1.807, 2.05) is 0 Å². The van der Waals surface area contributed by atoms with Gasteiger partial charge in [-0.2, -0.15) is 0 Å². The van der Waals surface area contributed by atoms with E-state index in [9.17, 15) is 13.6 Å². The summed E-state index contributed by atoms with van der Waals surface area (Å²) in [5.41, 5.74) is 3.77. The molecule has 70 valence electrons. The van der Waals surface area contributed by atoms with Crippen molar-refractivity contribution in [2.45, 2.75) is 6.92 Å². The minimum absolute atomic E-state index is 0.0105. The lowest BCUT2D eigenvalue weighted by atomic mass is 10.1. The van der Waals surface area contributed by atoms with Crippen molar-refractivity contribution in [2.24, 2.45) is 0 Å². The number of nitrogen functional groups attached to an aromatic ring is 1. The summed E-state index contributed by atoms with van der Waals surface area (Å²) < 4.78 is 26.0. The van der Waals surface area contributed by atoms with Crippen molar-refractivity contribution in [2.75, 3.05) is 5.73 Å². The van der Waals surface area contributed by atoms with Gasteiger partial charge in [-0.1, -0.05) is 0 Å². The minimum atomic E-state index is -1.66. The van der Waals surface area contributed by atoms with Gasteiger partial charge in [0.1, 0.15) is 11.4 Å². The van der Waals surface area contributed by atoms with Crippen LogP contribution in [0.4, 0.5) is 14.5 Å².